The van der Waals surface area contributed by atoms with E-state index in [0.717, 1.165) is 6.34 Å². The second kappa shape index (κ2) is 4.09. The van der Waals surface area contributed by atoms with Crippen molar-refractivity contribution in [1.82, 2.24) is 5.48 Å². The van der Waals surface area contributed by atoms with Crippen molar-refractivity contribution in [2.45, 2.75) is 0 Å². The average molecular weight is 176 g/mol. The van der Waals surface area contributed by atoms with E-state index < -0.39 is 0 Å². The van der Waals surface area contributed by atoms with Gasteiger partial charge < -0.3 is 5.73 Å². The van der Waals surface area contributed by atoms with Crippen LogP contribution in [0.1, 0.15) is 5.56 Å². The van der Waals surface area contributed by atoms with Gasteiger partial charge in [-0.2, -0.15) is 5.26 Å². The van der Waals surface area contributed by atoms with Gasteiger partial charge in [-0.05, 0) is 12.1 Å². The highest BCUT2D eigenvalue weighted by molar-refractivity contribution is 5.71. The number of benzene rings is 1. The van der Waals surface area contributed by atoms with E-state index in [1.165, 1.54) is 0 Å². The Balaban J connectivity index is 3.15. The van der Waals surface area contributed by atoms with Gasteiger partial charge in [0.05, 0.1) is 11.4 Å². The topological polar surface area (TPSA) is 94.4 Å². The minimum atomic E-state index is 0.300. The molecule has 0 aromatic heterocycles. The van der Waals surface area contributed by atoms with Gasteiger partial charge >= 0.3 is 0 Å². The zero-order valence-electron chi connectivity index (χ0n) is 6.73. The number of anilines is 1. The summed E-state index contributed by atoms with van der Waals surface area (Å²) in [4.78, 5) is 3.77. The first-order chi connectivity index (χ1) is 6.29. The van der Waals surface area contributed by atoms with Gasteiger partial charge in [-0.1, -0.05) is 6.07 Å². The van der Waals surface area contributed by atoms with Gasteiger partial charge in [0.2, 0.25) is 0 Å². The fraction of sp³-hybridized carbons (Fsp3) is 0. The predicted molar refractivity (Wildman–Crippen MR) is 48.6 cm³/mol. The summed E-state index contributed by atoms with van der Waals surface area (Å²) in [5.41, 5.74) is 8.36. The SMILES string of the molecule is N#Cc1c(N)cccc1N=CNO. The Morgan fingerprint density at radius 2 is 2.38 bits per heavy atom. The van der Waals surface area contributed by atoms with Crippen LogP contribution in [0.4, 0.5) is 11.4 Å². The molecule has 0 heterocycles. The summed E-state index contributed by atoms with van der Waals surface area (Å²) in [7, 11) is 0. The molecular weight excluding hydrogens is 168 g/mol. The Morgan fingerprint density at radius 3 is 3.00 bits per heavy atom. The first kappa shape index (κ1) is 9.03. The van der Waals surface area contributed by atoms with Crippen molar-refractivity contribution in [3.8, 4) is 6.07 Å². The molecule has 0 spiro atoms. The van der Waals surface area contributed by atoms with Gasteiger partial charge in [0.15, 0.2) is 0 Å². The van der Waals surface area contributed by atoms with Crippen molar-refractivity contribution < 1.29 is 5.21 Å². The van der Waals surface area contributed by atoms with Crippen LogP contribution < -0.4 is 11.2 Å². The third kappa shape index (κ3) is 1.95. The van der Waals surface area contributed by atoms with E-state index in [2.05, 4.69) is 4.99 Å². The minimum absolute atomic E-state index is 0.300. The van der Waals surface area contributed by atoms with Crippen LogP contribution in [-0.2, 0) is 0 Å². The lowest BCUT2D eigenvalue weighted by atomic mass is 10.1. The number of hydrogen-bond acceptors (Lipinski definition) is 4. The number of hydroxylamine groups is 1. The molecule has 1 aromatic carbocycles. The number of nitrogens with two attached hydrogens (primary N) is 1. The molecule has 0 amide bonds. The molecule has 0 atom stereocenters. The second-order valence-corrected chi connectivity index (χ2v) is 2.24. The highest BCUT2D eigenvalue weighted by atomic mass is 16.5. The van der Waals surface area contributed by atoms with Crippen molar-refractivity contribution in [3.63, 3.8) is 0 Å². The number of nitrogens with one attached hydrogen (secondary N) is 1. The van der Waals surface area contributed by atoms with Crippen LogP contribution in [0, 0.1) is 11.3 Å². The molecule has 66 valence electrons. The molecule has 13 heavy (non-hydrogen) atoms. The smallest absolute Gasteiger partial charge is 0.113 e. The summed E-state index contributed by atoms with van der Waals surface area (Å²) < 4.78 is 0. The largest absolute Gasteiger partial charge is 0.398 e. The fourth-order valence-electron chi connectivity index (χ4n) is 0.885. The molecule has 5 heteroatoms. The summed E-state index contributed by atoms with van der Waals surface area (Å²) in [6.07, 6.45) is 1.07. The zero-order valence-corrected chi connectivity index (χ0v) is 6.73. The molecule has 0 saturated carbocycles. The lowest BCUT2D eigenvalue weighted by Crippen LogP contribution is -2.01. The maximum atomic E-state index is 8.71. The highest BCUT2D eigenvalue weighted by Crippen LogP contribution is 2.22. The van der Waals surface area contributed by atoms with Crippen molar-refractivity contribution in [2.75, 3.05) is 5.73 Å². The highest BCUT2D eigenvalue weighted by Gasteiger charge is 2.02. The Morgan fingerprint density at radius 1 is 1.62 bits per heavy atom. The Hall–Kier alpha value is -2.06. The molecule has 5 nitrogen and oxygen atoms in total. The number of aliphatic imine (C=N–C) groups is 1. The van der Waals surface area contributed by atoms with Crippen LogP contribution >= 0.6 is 0 Å². The van der Waals surface area contributed by atoms with Gasteiger partial charge in [0.1, 0.15) is 18.0 Å². The summed E-state index contributed by atoms with van der Waals surface area (Å²) in [6, 6.07) is 6.85. The molecule has 1 aromatic rings. The zero-order chi connectivity index (χ0) is 9.68. The van der Waals surface area contributed by atoms with Gasteiger partial charge in [0.25, 0.3) is 0 Å². The van der Waals surface area contributed by atoms with Crippen molar-refractivity contribution in [1.29, 1.82) is 5.26 Å². The van der Waals surface area contributed by atoms with Crippen LogP contribution in [0.15, 0.2) is 23.2 Å². The first-order valence-corrected chi connectivity index (χ1v) is 3.50. The normalized spacial score (nSPS) is 9.85. The van der Waals surface area contributed by atoms with Crippen LogP contribution in [0.3, 0.4) is 0 Å². The molecule has 0 aliphatic rings. The van der Waals surface area contributed by atoms with Gasteiger partial charge in [-0.25, -0.2) is 4.99 Å². The summed E-state index contributed by atoms with van der Waals surface area (Å²) >= 11 is 0. The third-order valence-electron chi connectivity index (χ3n) is 1.45. The molecule has 0 unspecified atom stereocenters. The Kier molecular flexibility index (Phi) is 2.84. The summed E-state index contributed by atoms with van der Waals surface area (Å²) in [6.45, 7) is 0. The molecule has 0 bridgehead atoms. The van der Waals surface area contributed by atoms with Crippen molar-refractivity contribution in [3.05, 3.63) is 23.8 Å². The molecule has 0 fully saturated rings. The Bertz CT molecular complexity index is 367. The maximum absolute atomic E-state index is 8.71. The molecular formula is C8H8N4O. The van der Waals surface area contributed by atoms with Crippen LogP contribution in [0.5, 0.6) is 0 Å². The van der Waals surface area contributed by atoms with Crippen molar-refractivity contribution in [2.24, 2.45) is 4.99 Å². The van der Waals surface area contributed by atoms with Crippen LogP contribution in [0.25, 0.3) is 0 Å². The van der Waals surface area contributed by atoms with E-state index in [4.69, 9.17) is 16.2 Å². The number of nitrogens with zero attached hydrogens (tertiary/aromatic N) is 2. The summed E-state index contributed by atoms with van der Waals surface area (Å²) in [5.74, 6) is 0. The molecule has 0 aliphatic carbocycles. The van der Waals surface area contributed by atoms with E-state index in [1.54, 1.807) is 23.7 Å². The van der Waals surface area contributed by atoms with E-state index in [-0.39, 0.29) is 0 Å². The van der Waals surface area contributed by atoms with Gasteiger partial charge in [-0.15, -0.1) is 0 Å². The maximum Gasteiger partial charge on any atom is 0.113 e. The molecule has 0 radical (unpaired) electrons. The molecule has 1 rings (SSSR count). The quantitative estimate of drug-likeness (QED) is 0.268. The van der Waals surface area contributed by atoms with Crippen LogP contribution in [0.2, 0.25) is 0 Å². The van der Waals surface area contributed by atoms with E-state index in [0.29, 0.717) is 16.9 Å². The standard InChI is InChI=1S/C8H8N4O/c9-4-6-7(10)2-1-3-8(6)11-5-12-13/h1-3,5,13H,10H2,(H,11,12). The fourth-order valence-corrected chi connectivity index (χ4v) is 0.885. The van der Waals surface area contributed by atoms with Gasteiger partial charge in [0, 0.05) is 0 Å². The Labute approximate surface area is 75.1 Å². The predicted octanol–water partition coefficient (Wildman–Crippen LogP) is 0.779. The monoisotopic (exact) mass is 176 g/mol. The molecule has 0 aliphatic heterocycles. The van der Waals surface area contributed by atoms with Gasteiger partial charge in [-0.3, -0.25) is 10.7 Å². The second-order valence-electron chi connectivity index (χ2n) is 2.24. The summed E-state index contributed by atoms with van der Waals surface area (Å²) in [5, 5.41) is 17.0. The number of rotatable bonds is 2. The number of nitriles is 1. The lowest BCUT2D eigenvalue weighted by molar-refractivity contribution is 0.240. The first-order valence-electron chi connectivity index (χ1n) is 3.50. The number of hydrogen-bond donors (Lipinski definition) is 3. The van der Waals surface area contributed by atoms with Crippen LogP contribution in [-0.4, -0.2) is 11.5 Å². The number of nitrogen functional groups attached to an aromatic ring is 1. The van der Waals surface area contributed by atoms with E-state index >= 15 is 0 Å². The van der Waals surface area contributed by atoms with E-state index in [1.807, 2.05) is 6.07 Å². The van der Waals surface area contributed by atoms with E-state index in [9.17, 15) is 0 Å². The lowest BCUT2D eigenvalue weighted by Gasteiger charge is -1.99. The average Bonchev–Trinajstić information content (AvgIpc) is 2.15. The third-order valence-corrected chi connectivity index (χ3v) is 1.45. The van der Waals surface area contributed by atoms with Crippen molar-refractivity contribution >= 4 is 17.7 Å². The minimum Gasteiger partial charge on any atom is -0.398 e. The molecule has 0 saturated heterocycles. The molecule has 4 N–H and O–H groups in total.